The molecule has 0 aliphatic heterocycles. The highest BCUT2D eigenvalue weighted by Gasteiger charge is 2.19. The molecule has 2 nitrogen and oxygen atoms in total. The van der Waals surface area contributed by atoms with Crippen LogP contribution in [0, 0.1) is 5.41 Å². The molecule has 1 aromatic heterocycles. The van der Waals surface area contributed by atoms with Crippen molar-refractivity contribution >= 4 is 15.9 Å². The van der Waals surface area contributed by atoms with Gasteiger partial charge in [-0.15, -0.1) is 0 Å². The number of nitrogens with two attached hydrogens (primary N) is 1. The first-order valence-electron chi connectivity index (χ1n) is 5.74. The number of nitrogens with zero attached hydrogens (tertiary/aromatic N) is 1. The summed E-state index contributed by atoms with van der Waals surface area (Å²) in [5.74, 6) is 0. The van der Waals surface area contributed by atoms with E-state index in [1.54, 1.807) is 0 Å². The lowest BCUT2D eigenvalue weighted by Crippen LogP contribution is -2.34. The van der Waals surface area contributed by atoms with Gasteiger partial charge in [-0.05, 0) is 52.2 Å². The fraction of sp³-hybridized carbons (Fsp3) is 0.615. The summed E-state index contributed by atoms with van der Waals surface area (Å²) >= 11 is 3.43. The summed E-state index contributed by atoms with van der Waals surface area (Å²) in [7, 11) is 0. The Morgan fingerprint density at radius 2 is 2.06 bits per heavy atom. The van der Waals surface area contributed by atoms with Crippen molar-refractivity contribution in [2.75, 3.05) is 0 Å². The molecule has 1 heterocycles. The van der Waals surface area contributed by atoms with Gasteiger partial charge < -0.3 is 5.73 Å². The van der Waals surface area contributed by atoms with Crippen LogP contribution in [0.1, 0.15) is 39.2 Å². The van der Waals surface area contributed by atoms with Gasteiger partial charge in [0, 0.05) is 22.9 Å². The third kappa shape index (κ3) is 4.62. The molecule has 0 bridgehead atoms. The van der Waals surface area contributed by atoms with Crippen LogP contribution in [-0.4, -0.2) is 11.0 Å². The molecule has 0 saturated carbocycles. The monoisotopic (exact) mass is 284 g/mol. The Balaban J connectivity index is 2.36. The number of aromatic nitrogens is 1. The molecule has 0 saturated heterocycles. The summed E-state index contributed by atoms with van der Waals surface area (Å²) in [6.45, 7) is 6.58. The molecule has 1 atom stereocenters. The zero-order valence-corrected chi connectivity index (χ0v) is 11.9. The van der Waals surface area contributed by atoms with E-state index < -0.39 is 0 Å². The van der Waals surface area contributed by atoms with E-state index in [-0.39, 0.29) is 11.5 Å². The number of hydrogen-bond acceptors (Lipinski definition) is 2. The molecule has 1 unspecified atom stereocenters. The summed E-state index contributed by atoms with van der Waals surface area (Å²) in [5, 5.41) is 0. The van der Waals surface area contributed by atoms with Gasteiger partial charge in [-0.1, -0.05) is 20.8 Å². The van der Waals surface area contributed by atoms with Gasteiger partial charge in [0.25, 0.3) is 0 Å². The minimum Gasteiger partial charge on any atom is -0.327 e. The Bertz CT molecular complexity index is 331. The third-order valence-electron chi connectivity index (χ3n) is 2.85. The molecule has 1 aromatic rings. The predicted molar refractivity (Wildman–Crippen MR) is 72.3 cm³/mol. The topological polar surface area (TPSA) is 38.9 Å². The van der Waals surface area contributed by atoms with Crippen LogP contribution in [0.5, 0.6) is 0 Å². The molecular formula is C13H21BrN2. The molecule has 0 aliphatic carbocycles. The van der Waals surface area contributed by atoms with E-state index in [1.807, 2.05) is 12.4 Å². The first-order valence-corrected chi connectivity index (χ1v) is 6.54. The summed E-state index contributed by atoms with van der Waals surface area (Å²) < 4.78 is 1.05. The van der Waals surface area contributed by atoms with E-state index in [9.17, 15) is 0 Å². The molecule has 90 valence electrons. The Kier molecular flexibility index (Phi) is 4.93. The van der Waals surface area contributed by atoms with Crippen LogP contribution in [0.3, 0.4) is 0 Å². The van der Waals surface area contributed by atoms with Crippen LogP contribution in [0.15, 0.2) is 22.9 Å². The number of hydrogen-bond donors (Lipinski definition) is 1. The largest absolute Gasteiger partial charge is 0.327 e. The van der Waals surface area contributed by atoms with Crippen molar-refractivity contribution in [1.29, 1.82) is 0 Å². The van der Waals surface area contributed by atoms with Crippen LogP contribution >= 0.6 is 15.9 Å². The van der Waals surface area contributed by atoms with E-state index in [0.29, 0.717) is 0 Å². The van der Waals surface area contributed by atoms with Crippen LogP contribution in [0.25, 0.3) is 0 Å². The molecule has 16 heavy (non-hydrogen) atoms. The second-order valence-electron chi connectivity index (χ2n) is 5.38. The average Bonchev–Trinajstić information content (AvgIpc) is 2.16. The van der Waals surface area contributed by atoms with Crippen molar-refractivity contribution in [3.8, 4) is 0 Å². The summed E-state index contributed by atoms with van der Waals surface area (Å²) in [4.78, 5) is 4.15. The lowest BCUT2D eigenvalue weighted by Gasteiger charge is -2.26. The van der Waals surface area contributed by atoms with Gasteiger partial charge in [0.15, 0.2) is 0 Å². The maximum atomic E-state index is 6.12. The zero-order chi connectivity index (χ0) is 12.2. The normalized spacial score (nSPS) is 13.8. The predicted octanol–water partition coefficient (Wildman–Crippen LogP) is 3.54. The van der Waals surface area contributed by atoms with Crippen molar-refractivity contribution in [2.24, 2.45) is 11.1 Å². The Morgan fingerprint density at radius 1 is 1.38 bits per heavy atom. The van der Waals surface area contributed by atoms with E-state index in [4.69, 9.17) is 5.73 Å². The van der Waals surface area contributed by atoms with Crippen LogP contribution in [0.2, 0.25) is 0 Å². The molecule has 0 radical (unpaired) electrons. The molecule has 0 amide bonds. The SMILES string of the molecule is CC(C)(C)C(N)CCCc1cncc(Br)c1. The molecule has 0 aromatic carbocycles. The molecular weight excluding hydrogens is 264 g/mol. The third-order valence-corrected chi connectivity index (χ3v) is 3.29. The van der Waals surface area contributed by atoms with Crippen LogP contribution < -0.4 is 5.73 Å². The lowest BCUT2D eigenvalue weighted by atomic mass is 9.84. The van der Waals surface area contributed by atoms with Gasteiger partial charge in [-0.2, -0.15) is 0 Å². The quantitative estimate of drug-likeness (QED) is 0.919. The molecule has 2 N–H and O–H groups in total. The maximum absolute atomic E-state index is 6.12. The smallest absolute Gasteiger partial charge is 0.0410 e. The summed E-state index contributed by atoms with van der Waals surface area (Å²) in [6, 6.07) is 2.39. The van der Waals surface area contributed by atoms with Gasteiger partial charge in [0.1, 0.15) is 0 Å². The Morgan fingerprint density at radius 3 is 2.62 bits per heavy atom. The van der Waals surface area contributed by atoms with Crippen molar-refractivity contribution < 1.29 is 0 Å². The highest BCUT2D eigenvalue weighted by molar-refractivity contribution is 9.10. The first kappa shape index (κ1) is 13.7. The van der Waals surface area contributed by atoms with Gasteiger partial charge >= 0.3 is 0 Å². The second kappa shape index (κ2) is 5.78. The van der Waals surface area contributed by atoms with Crippen LogP contribution in [-0.2, 0) is 6.42 Å². The summed E-state index contributed by atoms with van der Waals surface area (Å²) in [6.07, 6.45) is 6.97. The Hall–Kier alpha value is -0.410. The highest BCUT2D eigenvalue weighted by Crippen LogP contribution is 2.21. The van der Waals surface area contributed by atoms with Gasteiger partial charge in [0.05, 0.1) is 0 Å². The minimum atomic E-state index is 0.204. The van der Waals surface area contributed by atoms with Crippen molar-refractivity contribution in [2.45, 2.75) is 46.1 Å². The second-order valence-corrected chi connectivity index (χ2v) is 6.29. The number of pyridine rings is 1. The molecule has 0 aliphatic rings. The van der Waals surface area contributed by atoms with E-state index in [2.05, 4.69) is 47.8 Å². The molecule has 3 heteroatoms. The lowest BCUT2D eigenvalue weighted by molar-refractivity contribution is 0.301. The minimum absolute atomic E-state index is 0.204. The molecule has 1 rings (SSSR count). The number of aryl methyl sites for hydroxylation is 1. The number of halogens is 1. The van der Waals surface area contributed by atoms with Gasteiger partial charge in [-0.3, -0.25) is 4.98 Å². The average molecular weight is 285 g/mol. The summed E-state index contributed by atoms with van der Waals surface area (Å²) in [5.41, 5.74) is 7.60. The Labute approximate surface area is 107 Å². The standard InChI is InChI=1S/C13H21BrN2/c1-13(2,3)12(15)6-4-5-10-7-11(14)9-16-8-10/h7-9,12H,4-6,15H2,1-3H3. The molecule has 0 fully saturated rings. The maximum Gasteiger partial charge on any atom is 0.0410 e. The number of rotatable bonds is 4. The zero-order valence-electron chi connectivity index (χ0n) is 10.3. The van der Waals surface area contributed by atoms with Crippen LogP contribution in [0.4, 0.5) is 0 Å². The van der Waals surface area contributed by atoms with E-state index >= 15 is 0 Å². The van der Waals surface area contributed by atoms with E-state index in [0.717, 1.165) is 23.7 Å². The first-order chi connectivity index (χ1) is 7.39. The van der Waals surface area contributed by atoms with E-state index in [1.165, 1.54) is 5.56 Å². The van der Waals surface area contributed by atoms with Gasteiger partial charge in [0.2, 0.25) is 0 Å². The van der Waals surface area contributed by atoms with Crippen molar-refractivity contribution in [3.63, 3.8) is 0 Å². The highest BCUT2D eigenvalue weighted by atomic mass is 79.9. The van der Waals surface area contributed by atoms with Crippen molar-refractivity contribution in [1.82, 2.24) is 4.98 Å². The fourth-order valence-electron chi connectivity index (χ4n) is 1.55. The van der Waals surface area contributed by atoms with Crippen molar-refractivity contribution in [3.05, 3.63) is 28.5 Å². The van der Waals surface area contributed by atoms with Gasteiger partial charge in [-0.25, -0.2) is 0 Å². The fourth-order valence-corrected chi connectivity index (χ4v) is 1.96. The molecule has 0 spiro atoms.